The number of benzene rings is 2. The van der Waals surface area contributed by atoms with Crippen LogP contribution in [-0.4, -0.2) is 19.2 Å². The fraction of sp³-hybridized carbons (Fsp3) is 0.429. The molecule has 4 heteroatoms. The minimum absolute atomic E-state index is 0.150. The lowest BCUT2D eigenvalue weighted by molar-refractivity contribution is -0.0541. The molecule has 25 heavy (non-hydrogen) atoms. The van der Waals surface area contributed by atoms with Crippen molar-refractivity contribution in [2.75, 3.05) is 19.0 Å². The molecule has 2 nitrogen and oxygen atoms in total. The molecule has 0 saturated heterocycles. The Kier molecular flexibility index (Phi) is 5.62. The van der Waals surface area contributed by atoms with Gasteiger partial charge in [-0.25, -0.2) is 0 Å². The first-order chi connectivity index (χ1) is 11.9. The molecule has 1 N–H and O–H groups in total. The number of aliphatic hydroxyl groups is 1. The van der Waals surface area contributed by atoms with Gasteiger partial charge < -0.3 is 10.0 Å². The molecular weight excluding hydrogens is 353 g/mol. The van der Waals surface area contributed by atoms with E-state index in [-0.39, 0.29) is 5.92 Å². The van der Waals surface area contributed by atoms with Crippen molar-refractivity contribution in [3.63, 3.8) is 0 Å². The highest BCUT2D eigenvalue weighted by Crippen LogP contribution is 2.46. The van der Waals surface area contributed by atoms with Crippen LogP contribution in [0.1, 0.15) is 36.8 Å². The average molecular weight is 378 g/mol. The topological polar surface area (TPSA) is 23.5 Å². The average Bonchev–Trinajstić information content (AvgIpc) is 2.57. The second-order valence-electron chi connectivity index (χ2n) is 7.26. The van der Waals surface area contributed by atoms with Crippen molar-refractivity contribution in [3.05, 3.63) is 63.6 Å². The molecule has 0 amide bonds. The summed E-state index contributed by atoms with van der Waals surface area (Å²) in [7, 11) is 4.09. The maximum absolute atomic E-state index is 11.6. The van der Waals surface area contributed by atoms with E-state index < -0.39 is 5.60 Å². The van der Waals surface area contributed by atoms with E-state index in [0.29, 0.717) is 10.0 Å². The molecule has 0 aromatic heterocycles. The summed E-state index contributed by atoms with van der Waals surface area (Å²) in [6.07, 6.45) is 4.75. The maximum Gasteiger partial charge on any atom is 0.0942 e. The van der Waals surface area contributed by atoms with E-state index in [1.54, 1.807) is 6.07 Å². The van der Waals surface area contributed by atoms with Crippen LogP contribution in [0.15, 0.2) is 42.5 Å². The molecule has 134 valence electrons. The van der Waals surface area contributed by atoms with Gasteiger partial charge in [0, 0.05) is 35.4 Å². The molecule has 2 aromatic rings. The number of hydrogen-bond acceptors (Lipinski definition) is 2. The Morgan fingerprint density at radius 2 is 1.92 bits per heavy atom. The first-order valence-corrected chi connectivity index (χ1v) is 9.60. The quantitative estimate of drug-likeness (QED) is 0.740. The van der Waals surface area contributed by atoms with Crippen molar-refractivity contribution >= 4 is 28.9 Å². The molecule has 0 radical (unpaired) electrons. The van der Waals surface area contributed by atoms with Crippen molar-refractivity contribution in [3.8, 4) is 0 Å². The Hall–Kier alpha value is -1.22. The van der Waals surface area contributed by atoms with Crippen LogP contribution in [0.25, 0.3) is 0 Å². The minimum atomic E-state index is -0.895. The van der Waals surface area contributed by atoms with Crippen molar-refractivity contribution < 1.29 is 5.11 Å². The molecule has 1 aliphatic rings. The van der Waals surface area contributed by atoms with Gasteiger partial charge in [0.1, 0.15) is 0 Å². The van der Waals surface area contributed by atoms with Crippen LogP contribution in [0.3, 0.4) is 0 Å². The zero-order chi connectivity index (χ0) is 18.0. The highest BCUT2D eigenvalue weighted by molar-refractivity contribution is 6.35. The van der Waals surface area contributed by atoms with E-state index in [2.05, 4.69) is 29.2 Å². The number of halogens is 2. The van der Waals surface area contributed by atoms with Crippen LogP contribution in [0.5, 0.6) is 0 Å². The number of nitrogens with zero attached hydrogens (tertiary/aromatic N) is 1. The lowest BCUT2D eigenvalue weighted by Gasteiger charge is -2.41. The van der Waals surface area contributed by atoms with Crippen molar-refractivity contribution in [1.82, 2.24) is 0 Å². The molecule has 0 bridgehead atoms. The van der Waals surface area contributed by atoms with E-state index >= 15 is 0 Å². The summed E-state index contributed by atoms with van der Waals surface area (Å²) < 4.78 is 0. The fourth-order valence-corrected chi connectivity index (χ4v) is 4.51. The van der Waals surface area contributed by atoms with Crippen LogP contribution in [-0.2, 0) is 12.0 Å². The Bertz CT molecular complexity index is 746. The highest BCUT2D eigenvalue weighted by atomic mass is 35.5. The minimum Gasteiger partial charge on any atom is -0.385 e. The monoisotopic (exact) mass is 377 g/mol. The zero-order valence-corrected chi connectivity index (χ0v) is 16.3. The summed E-state index contributed by atoms with van der Waals surface area (Å²) in [5.74, 6) is 0.150. The maximum atomic E-state index is 11.6. The third kappa shape index (κ3) is 3.97. The zero-order valence-electron chi connectivity index (χ0n) is 14.8. The predicted octanol–water partition coefficient (Wildman–Crippen LogP) is 5.68. The molecule has 0 aliphatic heterocycles. The second-order valence-corrected chi connectivity index (χ2v) is 8.10. The molecule has 2 atom stereocenters. The Morgan fingerprint density at radius 3 is 2.64 bits per heavy atom. The Balaban J connectivity index is 1.92. The molecule has 0 spiro atoms. The summed E-state index contributed by atoms with van der Waals surface area (Å²) in [6, 6.07) is 14.0. The van der Waals surface area contributed by atoms with E-state index in [1.807, 2.05) is 26.2 Å². The fourth-order valence-electron chi connectivity index (χ4n) is 3.94. The number of hydrogen-bond donors (Lipinski definition) is 1. The van der Waals surface area contributed by atoms with Gasteiger partial charge >= 0.3 is 0 Å². The predicted molar refractivity (Wildman–Crippen MR) is 107 cm³/mol. The van der Waals surface area contributed by atoms with Gasteiger partial charge in [0.05, 0.1) is 5.60 Å². The largest absolute Gasteiger partial charge is 0.385 e. The molecule has 2 aromatic carbocycles. The molecule has 2 unspecified atom stereocenters. The van der Waals surface area contributed by atoms with Gasteiger partial charge in [-0.3, -0.25) is 0 Å². The van der Waals surface area contributed by atoms with Crippen LogP contribution in [0.2, 0.25) is 10.0 Å². The van der Waals surface area contributed by atoms with E-state index in [4.69, 9.17) is 23.2 Å². The summed E-state index contributed by atoms with van der Waals surface area (Å²) in [6.45, 7) is 0. The number of rotatable bonds is 4. The van der Waals surface area contributed by atoms with E-state index in [1.165, 1.54) is 11.3 Å². The van der Waals surface area contributed by atoms with Crippen molar-refractivity contribution in [2.24, 2.45) is 5.92 Å². The SMILES string of the molecule is CN(C)c1cccc(CC2CCCCC2(O)c2ccc(Cl)cc2Cl)c1. The Morgan fingerprint density at radius 1 is 1.12 bits per heavy atom. The number of anilines is 1. The van der Waals surface area contributed by atoms with Crippen LogP contribution >= 0.6 is 23.2 Å². The normalized spacial score (nSPS) is 23.5. The van der Waals surface area contributed by atoms with Crippen LogP contribution < -0.4 is 4.90 Å². The van der Waals surface area contributed by atoms with Crippen molar-refractivity contribution in [1.29, 1.82) is 0 Å². The van der Waals surface area contributed by atoms with Crippen LogP contribution in [0, 0.1) is 5.92 Å². The van der Waals surface area contributed by atoms with E-state index in [0.717, 1.165) is 37.7 Å². The molecule has 0 heterocycles. The summed E-state index contributed by atoms with van der Waals surface area (Å²) in [5, 5.41) is 12.7. The van der Waals surface area contributed by atoms with Gasteiger partial charge in [-0.15, -0.1) is 0 Å². The molecular formula is C21H25Cl2NO. The van der Waals surface area contributed by atoms with Crippen LogP contribution in [0.4, 0.5) is 5.69 Å². The Labute approximate surface area is 160 Å². The van der Waals surface area contributed by atoms with Gasteiger partial charge in [0.2, 0.25) is 0 Å². The third-order valence-corrected chi connectivity index (χ3v) is 5.89. The van der Waals surface area contributed by atoms with E-state index in [9.17, 15) is 5.11 Å². The first kappa shape index (κ1) is 18.6. The van der Waals surface area contributed by atoms with Gasteiger partial charge in [-0.05, 0) is 55.0 Å². The van der Waals surface area contributed by atoms with Gasteiger partial charge in [-0.2, -0.15) is 0 Å². The molecule has 3 rings (SSSR count). The van der Waals surface area contributed by atoms with Gasteiger partial charge in [-0.1, -0.05) is 54.2 Å². The van der Waals surface area contributed by atoms with Gasteiger partial charge in [0.15, 0.2) is 0 Å². The molecule has 1 fully saturated rings. The second kappa shape index (κ2) is 7.57. The smallest absolute Gasteiger partial charge is 0.0942 e. The lowest BCUT2D eigenvalue weighted by atomic mass is 9.69. The third-order valence-electron chi connectivity index (χ3n) is 5.34. The summed E-state index contributed by atoms with van der Waals surface area (Å²) >= 11 is 12.5. The highest BCUT2D eigenvalue weighted by Gasteiger charge is 2.41. The van der Waals surface area contributed by atoms with Gasteiger partial charge in [0.25, 0.3) is 0 Å². The first-order valence-electron chi connectivity index (χ1n) is 8.84. The molecule has 1 saturated carbocycles. The standard InChI is InChI=1S/C21H25Cl2NO/c1-24(2)18-8-5-6-15(13-18)12-16-7-3-4-11-21(16,25)19-10-9-17(22)14-20(19)23/h5-6,8-10,13-14,16,25H,3-4,7,11-12H2,1-2H3. The summed E-state index contributed by atoms with van der Waals surface area (Å²) in [5.41, 5.74) is 2.35. The summed E-state index contributed by atoms with van der Waals surface area (Å²) in [4.78, 5) is 2.10. The van der Waals surface area contributed by atoms with Crippen molar-refractivity contribution in [2.45, 2.75) is 37.7 Å². The lowest BCUT2D eigenvalue weighted by Crippen LogP contribution is -2.39. The molecule has 1 aliphatic carbocycles.